The van der Waals surface area contributed by atoms with Gasteiger partial charge < -0.3 is 14.2 Å². The lowest BCUT2D eigenvalue weighted by molar-refractivity contribution is -0.171. The lowest BCUT2D eigenvalue weighted by atomic mass is 10.0. The van der Waals surface area contributed by atoms with Gasteiger partial charge in [-0.3, -0.25) is 9.59 Å². The minimum Gasteiger partial charge on any atom is -0.455 e. The second-order valence-corrected chi connectivity index (χ2v) is 6.13. The maximum atomic E-state index is 11.6. The molecule has 3 atom stereocenters. The molecule has 27 heavy (non-hydrogen) atoms. The Hall–Kier alpha value is -2.24. The van der Waals surface area contributed by atoms with E-state index in [1.54, 1.807) is 7.11 Å². The highest BCUT2D eigenvalue weighted by Gasteiger charge is 2.33. The molecular weight excluding hydrogens is 344 g/mol. The fraction of sp³-hybridized carbons (Fsp3) is 0.636. The van der Waals surface area contributed by atoms with Crippen molar-refractivity contribution >= 4 is 11.9 Å². The highest BCUT2D eigenvalue weighted by atomic mass is 16.6. The first-order valence-electron chi connectivity index (χ1n) is 9.42. The van der Waals surface area contributed by atoms with E-state index < -0.39 is 30.3 Å². The molecule has 0 aromatic heterocycles. The summed E-state index contributed by atoms with van der Waals surface area (Å²) in [6, 6.07) is 0. The summed E-state index contributed by atoms with van der Waals surface area (Å²) in [6.45, 7) is 8.34. The predicted molar refractivity (Wildman–Crippen MR) is 106 cm³/mol. The summed E-state index contributed by atoms with van der Waals surface area (Å²) in [6.07, 6.45) is 5.96. The van der Waals surface area contributed by atoms with Gasteiger partial charge in [0.1, 0.15) is 0 Å². The van der Waals surface area contributed by atoms with Crippen LogP contribution < -0.4 is 0 Å². The topological polar surface area (TPSA) is 61.8 Å². The van der Waals surface area contributed by atoms with E-state index in [9.17, 15) is 9.59 Å². The van der Waals surface area contributed by atoms with Crippen molar-refractivity contribution in [2.45, 2.75) is 84.0 Å². The van der Waals surface area contributed by atoms with E-state index in [-0.39, 0.29) is 0 Å². The average Bonchev–Trinajstić information content (AvgIpc) is 2.61. The van der Waals surface area contributed by atoms with Crippen LogP contribution in [0.3, 0.4) is 0 Å². The fourth-order valence-corrected chi connectivity index (χ4v) is 2.45. The predicted octanol–water partition coefficient (Wildman–Crippen LogP) is 3.81. The summed E-state index contributed by atoms with van der Waals surface area (Å²) >= 11 is 0. The van der Waals surface area contributed by atoms with Gasteiger partial charge in [0, 0.05) is 27.4 Å². The van der Waals surface area contributed by atoms with Crippen LogP contribution in [-0.4, -0.2) is 37.4 Å². The lowest BCUT2D eigenvalue weighted by Gasteiger charge is -2.29. The zero-order valence-electron chi connectivity index (χ0n) is 17.0. The van der Waals surface area contributed by atoms with Gasteiger partial charge in [-0.15, -0.1) is 6.58 Å². The monoisotopic (exact) mass is 376 g/mol. The fourth-order valence-electron chi connectivity index (χ4n) is 2.45. The number of rotatable bonds is 12. The molecule has 0 N–H and O–H groups in total. The number of esters is 2. The second-order valence-electron chi connectivity index (χ2n) is 6.13. The van der Waals surface area contributed by atoms with Crippen molar-refractivity contribution < 1.29 is 23.8 Å². The van der Waals surface area contributed by atoms with Crippen LogP contribution in [0.4, 0.5) is 0 Å². The summed E-state index contributed by atoms with van der Waals surface area (Å²) in [5.74, 6) is 10.2. The second kappa shape index (κ2) is 16.0. The molecule has 0 bridgehead atoms. The van der Waals surface area contributed by atoms with Gasteiger partial charge >= 0.3 is 11.9 Å². The van der Waals surface area contributed by atoms with Gasteiger partial charge in [-0.05, 0) is 43.4 Å². The van der Waals surface area contributed by atoms with Gasteiger partial charge in [0.2, 0.25) is 6.10 Å². The third kappa shape index (κ3) is 12.7. The van der Waals surface area contributed by atoms with Crippen molar-refractivity contribution in [1.29, 1.82) is 0 Å². The first kappa shape index (κ1) is 24.8. The maximum Gasteiger partial charge on any atom is 0.304 e. The zero-order chi connectivity index (χ0) is 20.5. The van der Waals surface area contributed by atoms with E-state index >= 15 is 0 Å². The van der Waals surface area contributed by atoms with Gasteiger partial charge in [0.25, 0.3) is 0 Å². The number of carbonyl (C=O) groups excluding carboxylic acids is 2. The number of hydrogen-bond acceptors (Lipinski definition) is 5. The van der Waals surface area contributed by atoms with Gasteiger partial charge in [0.05, 0.1) is 6.10 Å². The van der Waals surface area contributed by atoms with Gasteiger partial charge in [0.15, 0.2) is 6.10 Å². The van der Waals surface area contributed by atoms with Crippen LogP contribution in [0, 0.1) is 23.7 Å². The Morgan fingerprint density at radius 1 is 1.07 bits per heavy atom. The van der Waals surface area contributed by atoms with Gasteiger partial charge in [-0.2, -0.15) is 0 Å². The minimum atomic E-state index is -0.930. The standard InChI is InChI=1S/C22H32O5/c1-6-8-10-12-14-16-20(25-5)22(27-19(4)24)21(26-18(3)23)17-15-13-11-9-7-2/h6,20-22H,1,7-10,12,14,16H2,2-5H3/t20-,21+,22+/m0/s1. The molecule has 150 valence electrons. The van der Waals surface area contributed by atoms with E-state index in [1.165, 1.54) is 13.8 Å². The maximum absolute atomic E-state index is 11.6. The van der Waals surface area contributed by atoms with E-state index in [2.05, 4.69) is 30.3 Å². The number of hydrogen-bond donors (Lipinski definition) is 0. The molecule has 0 aliphatic heterocycles. The summed E-state index contributed by atoms with van der Waals surface area (Å²) in [5.41, 5.74) is 0. The molecule has 0 aromatic carbocycles. The molecule has 5 nitrogen and oxygen atoms in total. The number of allylic oxidation sites excluding steroid dienone is 1. The molecule has 0 unspecified atom stereocenters. The molecule has 0 rings (SSSR count). The molecular formula is C22H32O5. The summed E-state index contributed by atoms with van der Waals surface area (Å²) < 4.78 is 16.2. The summed E-state index contributed by atoms with van der Waals surface area (Å²) in [5, 5.41) is 0. The quantitative estimate of drug-likeness (QED) is 0.224. The van der Waals surface area contributed by atoms with Crippen LogP contribution in [0.25, 0.3) is 0 Å². The van der Waals surface area contributed by atoms with Crippen molar-refractivity contribution in [2.24, 2.45) is 0 Å². The normalized spacial score (nSPS) is 13.0. The Balaban J connectivity index is 5.29. The van der Waals surface area contributed by atoms with Crippen LogP contribution in [0.5, 0.6) is 0 Å². The van der Waals surface area contributed by atoms with Crippen LogP contribution in [-0.2, 0) is 23.8 Å². The van der Waals surface area contributed by atoms with Crippen molar-refractivity contribution in [3.05, 3.63) is 12.7 Å². The molecule has 0 spiro atoms. The molecule has 0 radical (unpaired) electrons. The summed E-state index contributed by atoms with van der Waals surface area (Å²) in [7, 11) is 1.55. The molecule has 0 aliphatic rings. The molecule has 0 heterocycles. The van der Waals surface area contributed by atoms with Gasteiger partial charge in [-0.25, -0.2) is 0 Å². The van der Waals surface area contributed by atoms with Crippen LogP contribution in [0.15, 0.2) is 12.7 Å². The van der Waals surface area contributed by atoms with E-state index in [0.717, 1.165) is 38.5 Å². The van der Waals surface area contributed by atoms with E-state index in [0.29, 0.717) is 6.42 Å². The third-order valence-corrected chi connectivity index (χ3v) is 3.70. The Kier molecular flexibility index (Phi) is 14.6. The van der Waals surface area contributed by atoms with Crippen molar-refractivity contribution in [1.82, 2.24) is 0 Å². The van der Waals surface area contributed by atoms with E-state index in [4.69, 9.17) is 14.2 Å². The third-order valence-electron chi connectivity index (χ3n) is 3.70. The Labute approximate surface area is 163 Å². The molecule has 0 aliphatic carbocycles. The highest BCUT2D eigenvalue weighted by Crippen LogP contribution is 2.18. The average molecular weight is 376 g/mol. The van der Waals surface area contributed by atoms with Crippen LogP contribution in [0.1, 0.15) is 65.7 Å². The SMILES string of the molecule is C=CCCCCC[C@H](OC)[C@@H](OC(C)=O)[C@@H](C#CC#CCCC)OC(C)=O. The highest BCUT2D eigenvalue weighted by molar-refractivity contribution is 5.67. The number of ether oxygens (including phenoxy) is 3. The number of carbonyl (C=O) groups is 2. The Morgan fingerprint density at radius 2 is 1.78 bits per heavy atom. The first-order valence-corrected chi connectivity index (χ1v) is 9.42. The Morgan fingerprint density at radius 3 is 2.33 bits per heavy atom. The van der Waals surface area contributed by atoms with Crippen molar-refractivity contribution in [3.63, 3.8) is 0 Å². The molecule has 0 amide bonds. The van der Waals surface area contributed by atoms with Crippen LogP contribution >= 0.6 is 0 Å². The van der Waals surface area contributed by atoms with Crippen molar-refractivity contribution in [2.75, 3.05) is 7.11 Å². The molecule has 0 fully saturated rings. The van der Waals surface area contributed by atoms with Gasteiger partial charge in [-0.1, -0.05) is 31.8 Å². The minimum absolute atomic E-state index is 0.431. The number of unbranched alkanes of at least 4 members (excludes halogenated alkanes) is 4. The smallest absolute Gasteiger partial charge is 0.304 e. The van der Waals surface area contributed by atoms with E-state index in [1.807, 2.05) is 13.0 Å². The largest absolute Gasteiger partial charge is 0.455 e. The van der Waals surface area contributed by atoms with Crippen LogP contribution in [0.2, 0.25) is 0 Å². The zero-order valence-corrected chi connectivity index (χ0v) is 17.0. The Bertz CT molecular complexity index is 573. The molecule has 0 aromatic rings. The summed E-state index contributed by atoms with van der Waals surface area (Å²) in [4.78, 5) is 23.1. The van der Waals surface area contributed by atoms with Crippen molar-refractivity contribution in [3.8, 4) is 23.7 Å². The molecule has 5 heteroatoms. The molecule has 0 saturated carbocycles. The lowest BCUT2D eigenvalue weighted by Crippen LogP contribution is -2.43. The first-order chi connectivity index (χ1) is 13.0. The number of methoxy groups -OCH3 is 1. The molecule has 0 saturated heterocycles.